The summed E-state index contributed by atoms with van der Waals surface area (Å²) in [6.07, 6.45) is 6.03. The van der Waals surface area contributed by atoms with Gasteiger partial charge in [0, 0.05) is 6.54 Å². The van der Waals surface area contributed by atoms with Crippen LogP contribution in [0, 0.1) is 5.92 Å². The highest BCUT2D eigenvalue weighted by Crippen LogP contribution is 2.29. The maximum atomic E-state index is 10.9. The van der Waals surface area contributed by atoms with E-state index < -0.39 is 0 Å². The summed E-state index contributed by atoms with van der Waals surface area (Å²) in [7, 11) is 3.51. The molecule has 0 aromatic heterocycles. The van der Waals surface area contributed by atoms with Gasteiger partial charge in [0.2, 0.25) is 0 Å². The molecule has 0 N–H and O–H groups in total. The van der Waals surface area contributed by atoms with Gasteiger partial charge in [-0.05, 0) is 25.9 Å². The molecule has 3 heteroatoms. The SMILES string of the molecule is COC(=O)CCN(C)CCC1CCC1. The molecule has 3 nitrogen and oxygen atoms in total. The van der Waals surface area contributed by atoms with Crippen molar-refractivity contribution in [2.24, 2.45) is 5.92 Å². The molecule has 0 amide bonds. The zero-order valence-electron chi connectivity index (χ0n) is 9.29. The molecule has 14 heavy (non-hydrogen) atoms. The van der Waals surface area contributed by atoms with E-state index in [-0.39, 0.29) is 5.97 Å². The molecule has 1 aliphatic carbocycles. The van der Waals surface area contributed by atoms with E-state index in [9.17, 15) is 4.79 Å². The molecule has 0 atom stereocenters. The third kappa shape index (κ3) is 4.09. The van der Waals surface area contributed by atoms with Gasteiger partial charge in [-0.1, -0.05) is 19.3 Å². The van der Waals surface area contributed by atoms with Gasteiger partial charge in [0.15, 0.2) is 0 Å². The minimum atomic E-state index is -0.111. The number of hydrogen-bond acceptors (Lipinski definition) is 3. The average molecular weight is 199 g/mol. The highest BCUT2D eigenvalue weighted by atomic mass is 16.5. The van der Waals surface area contributed by atoms with Gasteiger partial charge in [0.05, 0.1) is 13.5 Å². The van der Waals surface area contributed by atoms with Crippen LogP contribution in [0.25, 0.3) is 0 Å². The number of nitrogens with zero attached hydrogens (tertiary/aromatic N) is 1. The monoisotopic (exact) mass is 199 g/mol. The van der Waals surface area contributed by atoms with Gasteiger partial charge in [-0.3, -0.25) is 4.79 Å². The van der Waals surface area contributed by atoms with Crippen LogP contribution in [0.2, 0.25) is 0 Å². The quantitative estimate of drug-likeness (QED) is 0.609. The van der Waals surface area contributed by atoms with Gasteiger partial charge in [-0.25, -0.2) is 0 Å². The molecule has 0 saturated heterocycles. The van der Waals surface area contributed by atoms with E-state index in [1.165, 1.54) is 32.8 Å². The molecule has 0 aromatic carbocycles. The van der Waals surface area contributed by atoms with Crippen LogP contribution in [0.4, 0.5) is 0 Å². The number of rotatable bonds is 6. The Morgan fingerprint density at radius 1 is 1.43 bits per heavy atom. The Morgan fingerprint density at radius 2 is 2.14 bits per heavy atom. The Morgan fingerprint density at radius 3 is 2.64 bits per heavy atom. The van der Waals surface area contributed by atoms with Gasteiger partial charge in [0.1, 0.15) is 0 Å². The topological polar surface area (TPSA) is 29.5 Å². The van der Waals surface area contributed by atoms with Crippen molar-refractivity contribution in [3.63, 3.8) is 0 Å². The van der Waals surface area contributed by atoms with Crippen LogP contribution < -0.4 is 0 Å². The number of hydrogen-bond donors (Lipinski definition) is 0. The van der Waals surface area contributed by atoms with E-state index >= 15 is 0 Å². The number of carbonyl (C=O) groups excluding carboxylic acids is 1. The van der Waals surface area contributed by atoms with Crippen molar-refractivity contribution in [2.75, 3.05) is 27.2 Å². The molecule has 1 rings (SSSR count). The van der Waals surface area contributed by atoms with Crippen LogP contribution in [0.1, 0.15) is 32.1 Å². The average Bonchev–Trinajstić information content (AvgIpc) is 2.11. The van der Waals surface area contributed by atoms with Crippen molar-refractivity contribution in [2.45, 2.75) is 32.1 Å². The molecule has 0 bridgehead atoms. The molecule has 82 valence electrons. The minimum absolute atomic E-state index is 0.111. The van der Waals surface area contributed by atoms with Gasteiger partial charge in [-0.15, -0.1) is 0 Å². The first-order valence-corrected chi connectivity index (χ1v) is 5.47. The molecular weight excluding hydrogens is 178 g/mol. The summed E-state index contributed by atoms with van der Waals surface area (Å²) in [5.74, 6) is 0.844. The molecule has 1 fully saturated rings. The first kappa shape index (κ1) is 11.5. The van der Waals surface area contributed by atoms with Crippen molar-refractivity contribution in [3.8, 4) is 0 Å². The molecule has 1 saturated carbocycles. The summed E-state index contributed by atoms with van der Waals surface area (Å²) in [6, 6.07) is 0. The molecular formula is C11H21NO2. The fraction of sp³-hybridized carbons (Fsp3) is 0.909. The van der Waals surface area contributed by atoms with Gasteiger partial charge in [0.25, 0.3) is 0 Å². The molecule has 1 aliphatic rings. The van der Waals surface area contributed by atoms with Gasteiger partial charge >= 0.3 is 5.97 Å². The fourth-order valence-corrected chi connectivity index (χ4v) is 1.68. The third-order valence-electron chi connectivity index (χ3n) is 3.07. The summed E-state index contributed by atoms with van der Waals surface area (Å²) in [4.78, 5) is 13.1. The third-order valence-corrected chi connectivity index (χ3v) is 3.07. The van der Waals surface area contributed by atoms with Crippen molar-refractivity contribution in [3.05, 3.63) is 0 Å². The maximum absolute atomic E-state index is 10.9. The number of esters is 1. The lowest BCUT2D eigenvalue weighted by molar-refractivity contribution is -0.140. The second-order valence-electron chi connectivity index (χ2n) is 4.22. The summed E-state index contributed by atoms with van der Waals surface area (Å²) in [5.41, 5.74) is 0. The standard InChI is InChI=1S/C11H21NO2/c1-12(9-7-11(13)14-2)8-6-10-4-3-5-10/h10H,3-9H2,1-2H3. The maximum Gasteiger partial charge on any atom is 0.306 e. The molecule has 0 aliphatic heterocycles. The Balaban J connectivity index is 1.97. The fourth-order valence-electron chi connectivity index (χ4n) is 1.68. The predicted molar refractivity (Wildman–Crippen MR) is 56.1 cm³/mol. The van der Waals surface area contributed by atoms with E-state index in [4.69, 9.17) is 0 Å². The zero-order chi connectivity index (χ0) is 10.4. The van der Waals surface area contributed by atoms with Crippen LogP contribution in [0.15, 0.2) is 0 Å². The largest absolute Gasteiger partial charge is 0.469 e. The summed E-state index contributed by atoms with van der Waals surface area (Å²) < 4.78 is 4.59. The molecule has 0 spiro atoms. The smallest absolute Gasteiger partial charge is 0.306 e. The van der Waals surface area contributed by atoms with Gasteiger partial charge in [-0.2, -0.15) is 0 Å². The van der Waals surface area contributed by atoms with Crippen molar-refractivity contribution < 1.29 is 9.53 Å². The van der Waals surface area contributed by atoms with E-state index in [0.717, 1.165) is 19.0 Å². The summed E-state index contributed by atoms with van der Waals surface area (Å²) >= 11 is 0. The van der Waals surface area contributed by atoms with Crippen molar-refractivity contribution in [1.29, 1.82) is 0 Å². The van der Waals surface area contributed by atoms with Crippen LogP contribution in [-0.4, -0.2) is 38.1 Å². The lowest BCUT2D eigenvalue weighted by Crippen LogP contribution is -2.26. The minimum Gasteiger partial charge on any atom is -0.469 e. The van der Waals surface area contributed by atoms with Crippen molar-refractivity contribution >= 4 is 5.97 Å². The zero-order valence-corrected chi connectivity index (χ0v) is 9.29. The van der Waals surface area contributed by atoms with Crippen LogP contribution in [0.5, 0.6) is 0 Å². The van der Waals surface area contributed by atoms with E-state index in [1.54, 1.807) is 0 Å². The van der Waals surface area contributed by atoms with Crippen LogP contribution >= 0.6 is 0 Å². The molecule has 0 heterocycles. The van der Waals surface area contributed by atoms with Gasteiger partial charge < -0.3 is 9.64 Å². The predicted octanol–water partition coefficient (Wildman–Crippen LogP) is 1.67. The summed E-state index contributed by atoms with van der Waals surface area (Å²) in [5, 5.41) is 0. The number of carbonyl (C=O) groups is 1. The molecule has 0 radical (unpaired) electrons. The second-order valence-corrected chi connectivity index (χ2v) is 4.22. The van der Waals surface area contributed by atoms with Crippen molar-refractivity contribution in [1.82, 2.24) is 4.90 Å². The lowest BCUT2D eigenvalue weighted by Gasteiger charge is -2.27. The highest BCUT2D eigenvalue weighted by Gasteiger charge is 2.17. The van der Waals surface area contributed by atoms with Crippen LogP contribution in [0.3, 0.4) is 0 Å². The first-order chi connectivity index (χ1) is 6.72. The molecule has 0 unspecified atom stereocenters. The van der Waals surface area contributed by atoms with E-state index in [0.29, 0.717) is 6.42 Å². The number of ether oxygens (including phenoxy) is 1. The lowest BCUT2D eigenvalue weighted by atomic mass is 9.83. The Kier molecular flexibility index (Phi) is 4.94. The second kappa shape index (κ2) is 6.02. The Hall–Kier alpha value is -0.570. The van der Waals surface area contributed by atoms with E-state index in [2.05, 4.69) is 16.7 Å². The normalized spacial score (nSPS) is 16.8. The molecule has 0 aromatic rings. The van der Waals surface area contributed by atoms with E-state index in [1.807, 2.05) is 0 Å². The Labute approximate surface area is 86.4 Å². The number of methoxy groups -OCH3 is 1. The Bertz CT molecular complexity index is 178. The first-order valence-electron chi connectivity index (χ1n) is 5.47. The highest BCUT2D eigenvalue weighted by molar-refractivity contribution is 5.69. The van der Waals surface area contributed by atoms with Crippen LogP contribution in [-0.2, 0) is 9.53 Å². The summed E-state index contributed by atoms with van der Waals surface area (Å²) in [6.45, 7) is 1.93.